The van der Waals surface area contributed by atoms with Gasteiger partial charge >= 0.3 is 5.97 Å². The first kappa shape index (κ1) is 9.94. The van der Waals surface area contributed by atoms with Gasteiger partial charge in [-0.15, -0.1) is 0 Å². The molecule has 11 heavy (non-hydrogen) atoms. The summed E-state index contributed by atoms with van der Waals surface area (Å²) < 4.78 is 4.45. The highest BCUT2D eigenvalue weighted by Gasteiger charge is 2.12. The van der Waals surface area contributed by atoms with Crippen molar-refractivity contribution >= 4 is 11.9 Å². The monoisotopic (exact) mass is 159 g/mol. The SMILES string of the molecule is COC(=O)[C@H](C)CNC(C)=O. The molecule has 0 aliphatic rings. The van der Waals surface area contributed by atoms with Crippen molar-refractivity contribution in [2.75, 3.05) is 13.7 Å². The molecule has 1 atom stereocenters. The van der Waals surface area contributed by atoms with Crippen LogP contribution in [0, 0.1) is 5.92 Å². The van der Waals surface area contributed by atoms with Gasteiger partial charge in [0, 0.05) is 13.5 Å². The van der Waals surface area contributed by atoms with Gasteiger partial charge in [-0.25, -0.2) is 0 Å². The molecule has 0 radical (unpaired) electrons. The molecule has 0 spiro atoms. The van der Waals surface area contributed by atoms with E-state index >= 15 is 0 Å². The van der Waals surface area contributed by atoms with Gasteiger partial charge < -0.3 is 10.1 Å². The lowest BCUT2D eigenvalue weighted by molar-refractivity contribution is -0.144. The zero-order chi connectivity index (χ0) is 8.85. The van der Waals surface area contributed by atoms with Gasteiger partial charge in [-0.3, -0.25) is 9.59 Å². The van der Waals surface area contributed by atoms with Gasteiger partial charge in [-0.05, 0) is 0 Å². The molecule has 0 aliphatic carbocycles. The highest BCUT2D eigenvalue weighted by atomic mass is 16.5. The zero-order valence-electron chi connectivity index (χ0n) is 7.01. The first-order chi connectivity index (χ1) is 5.07. The predicted molar refractivity (Wildman–Crippen MR) is 39.9 cm³/mol. The van der Waals surface area contributed by atoms with Crippen LogP contribution in [0.5, 0.6) is 0 Å². The fraction of sp³-hybridized carbons (Fsp3) is 0.714. The number of carbonyl (C=O) groups is 2. The third kappa shape index (κ3) is 4.36. The lowest BCUT2D eigenvalue weighted by Gasteiger charge is -2.08. The lowest BCUT2D eigenvalue weighted by atomic mass is 10.2. The molecular weight excluding hydrogens is 146 g/mol. The van der Waals surface area contributed by atoms with Crippen molar-refractivity contribution in [1.82, 2.24) is 5.32 Å². The van der Waals surface area contributed by atoms with Crippen LogP contribution in [-0.4, -0.2) is 25.5 Å². The second-order valence-corrected chi connectivity index (χ2v) is 2.36. The third-order valence-electron chi connectivity index (χ3n) is 1.26. The molecule has 4 heteroatoms. The van der Waals surface area contributed by atoms with Crippen molar-refractivity contribution in [3.63, 3.8) is 0 Å². The molecule has 0 fully saturated rings. The largest absolute Gasteiger partial charge is 0.469 e. The zero-order valence-corrected chi connectivity index (χ0v) is 7.01. The van der Waals surface area contributed by atoms with Crippen molar-refractivity contribution in [1.29, 1.82) is 0 Å². The Labute approximate surface area is 65.9 Å². The van der Waals surface area contributed by atoms with Crippen LogP contribution in [0.4, 0.5) is 0 Å². The van der Waals surface area contributed by atoms with Crippen molar-refractivity contribution in [2.24, 2.45) is 5.92 Å². The number of nitrogens with one attached hydrogen (secondary N) is 1. The summed E-state index contributed by atoms with van der Waals surface area (Å²) in [5.74, 6) is -0.719. The first-order valence-electron chi connectivity index (χ1n) is 3.40. The molecule has 0 saturated carbocycles. The lowest BCUT2D eigenvalue weighted by Crippen LogP contribution is -2.30. The Morgan fingerprint density at radius 2 is 2.09 bits per heavy atom. The summed E-state index contributed by atoms with van der Waals surface area (Å²) in [5, 5.41) is 2.52. The average Bonchev–Trinajstić information content (AvgIpc) is 1.98. The van der Waals surface area contributed by atoms with Crippen molar-refractivity contribution in [3.8, 4) is 0 Å². The minimum atomic E-state index is -0.307. The molecule has 0 aliphatic heterocycles. The van der Waals surface area contributed by atoms with Crippen LogP contribution in [0.15, 0.2) is 0 Å². The second-order valence-electron chi connectivity index (χ2n) is 2.36. The summed E-state index contributed by atoms with van der Waals surface area (Å²) in [6.07, 6.45) is 0. The Bertz CT molecular complexity index is 156. The summed E-state index contributed by atoms with van der Waals surface area (Å²) in [6.45, 7) is 3.44. The summed E-state index contributed by atoms with van der Waals surface area (Å²) in [7, 11) is 1.33. The third-order valence-corrected chi connectivity index (χ3v) is 1.26. The quantitative estimate of drug-likeness (QED) is 0.586. The highest BCUT2D eigenvalue weighted by Crippen LogP contribution is 1.94. The number of ether oxygens (including phenoxy) is 1. The summed E-state index contributed by atoms with van der Waals surface area (Å²) in [5.41, 5.74) is 0. The van der Waals surface area contributed by atoms with E-state index in [4.69, 9.17) is 0 Å². The molecule has 4 nitrogen and oxygen atoms in total. The molecule has 0 saturated heterocycles. The second kappa shape index (κ2) is 4.71. The highest BCUT2D eigenvalue weighted by molar-refractivity contribution is 5.75. The Kier molecular flexibility index (Phi) is 4.26. The average molecular weight is 159 g/mol. The molecule has 0 unspecified atom stereocenters. The molecule has 0 aromatic carbocycles. The van der Waals surface area contributed by atoms with Crippen LogP contribution in [-0.2, 0) is 14.3 Å². The predicted octanol–water partition coefficient (Wildman–Crippen LogP) is -0.0684. The maximum Gasteiger partial charge on any atom is 0.310 e. The molecule has 1 amide bonds. The van der Waals surface area contributed by atoms with Crippen LogP contribution >= 0.6 is 0 Å². The Balaban J connectivity index is 3.60. The standard InChI is InChI=1S/C7H13NO3/c1-5(7(10)11-3)4-8-6(2)9/h5H,4H2,1-3H3,(H,8,9)/t5-/m1/s1. The van der Waals surface area contributed by atoms with Crippen molar-refractivity contribution < 1.29 is 14.3 Å². The normalized spacial score (nSPS) is 11.9. The number of esters is 1. The molecular formula is C7H13NO3. The molecule has 0 aromatic heterocycles. The fourth-order valence-corrected chi connectivity index (χ4v) is 0.581. The number of amides is 1. The van der Waals surface area contributed by atoms with Gasteiger partial charge in [-0.1, -0.05) is 6.92 Å². The van der Waals surface area contributed by atoms with Gasteiger partial charge in [0.2, 0.25) is 5.91 Å². The number of hydrogen-bond donors (Lipinski definition) is 1. The van der Waals surface area contributed by atoms with E-state index in [-0.39, 0.29) is 17.8 Å². The number of methoxy groups -OCH3 is 1. The Morgan fingerprint density at radius 3 is 2.45 bits per heavy atom. The van der Waals surface area contributed by atoms with E-state index in [2.05, 4.69) is 10.1 Å². The van der Waals surface area contributed by atoms with Crippen LogP contribution < -0.4 is 5.32 Å². The number of carbonyl (C=O) groups excluding carboxylic acids is 2. The minimum Gasteiger partial charge on any atom is -0.469 e. The molecule has 0 rings (SSSR count). The molecule has 0 heterocycles. The summed E-state index contributed by atoms with van der Waals surface area (Å²) in [4.78, 5) is 21.1. The summed E-state index contributed by atoms with van der Waals surface area (Å²) in [6, 6.07) is 0. The van der Waals surface area contributed by atoms with E-state index in [1.165, 1.54) is 14.0 Å². The first-order valence-corrected chi connectivity index (χ1v) is 3.40. The smallest absolute Gasteiger partial charge is 0.310 e. The van der Waals surface area contributed by atoms with Gasteiger partial charge in [0.25, 0.3) is 0 Å². The Hall–Kier alpha value is -1.06. The molecule has 64 valence electrons. The van der Waals surface area contributed by atoms with Gasteiger partial charge in [-0.2, -0.15) is 0 Å². The van der Waals surface area contributed by atoms with E-state index in [9.17, 15) is 9.59 Å². The number of rotatable bonds is 3. The van der Waals surface area contributed by atoms with E-state index in [0.29, 0.717) is 6.54 Å². The summed E-state index contributed by atoms with van der Waals surface area (Å²) >= 11 is 0. The van der Waals surface area contributed by atoms with Gasteiger partial charge in [0.05, 0.1) is 13.0 Å². The Morgan fingerprint density at radius 1 is 1.55 bits per heavy atom. The number of hydrogen-bond acceptors (Lipinski definition) is 3. The van der Waals surface area contributed by atoms with E-state index < -0.39 is 0 Å². The van der Waals surface area contributed by atoms with Gasteiger partial charge in [0.1, 0.15) is 0 Å². The minimum absolute atomic E-state index is 0.138. The van der Waals surface area contributed by atoms with Crippen molar-refractivity contribution in [2.45, 2.75) is 13.8 Å². The topological polar surface area (TPSA) is 55.4 Å². The van der Waals surface area contributed by atoms with Crippen LogP contribution in [0.3, 0.4) is 0 Å². The van der Waals surface area contributed by atoms with Gasteiger partial charge in [0.15, 0.2) is 0 Å². The van der Waals surface area contributed by atoms with Crippen LogP contribution in [0.25, 0.3) is 0 Å². The van der Waals surface area contributed by atoms with Crippen molar-refractivity contribution in [3.05, 3.63) is 0 Å². The van der Waals surface area contributed by atoms with E-state index in [1.54, 1.807) is 6.92 Å². The molecule has 1 N–H and O–H groups in total. The maximum atomic E-state index is 10.8. The van der Waals surface area contributed by atoms with Crippen LogP contribution in [0.1, 0.15) is 13.8 Å². The van der Waals surface area contributed by atoms with Crippen LogP contribution in [0.2, 0.25) is 0 Å². The van der Waals surface area contributed by atoms with E-state index in [0.717, 1.165) is 0 Å². The maximum absolute atomic E-state index is 10.8. The molecule has 0 bridgehead atoms. The van der Waals surface area contributed by atoms with E-state index in [1.807, 2.05) is 0 Å². The fourth-order valence-electron chi connectivity index (χ4n) is 0.581. The molecule has 0 aromatic rings.